The summed E-state index contributed by atoms with van der Waals surface area (Å²) in [4.78, 5) is 11.2. The number of carbonyl (C=O) groups excluding carboxylic acids is 1. The van der Waals surface area contributed by atoms with Crippen LogP contribution >= 0.6 is 0 Å². The summed E-state index contributed by atoms with van der Waals surface area (Å²) >= 11 is 0. The first-order chi connectivity index (χ1) is 5.81. The molecular weight excluding hydrogens is 156 g/mol. The van der Waals surface area contributed by atoms with Gasteiger partial charge >= 0.3 is 0 Å². The maximum atomic E-state index is 11.2. The van der Waals surface area contributed by atoms with Gasteiger partial charge < -0.3 is 15.4 Å². The number of hydrogen-bond acceptors (Lipinski definition) is 3. The molecule has 2 aliphatic heterocycles. The Morgan fingerprint density at radius 1 is 1.67 bits per heavy atom. The van der Waals surface area contributed by atoms with E-state index in [9.17, 15) is 4.79 Å². The molecule has 2 saturated heterocycles. The van der Waals surface area contributed by atoms with Crippen LogP contribution in [0.5, 0.6) is 0 Å². The van der Waals surface area contributed by atoms with E-state index in [1.165, 1.54) is 0 Å². The Kier molecular flexibility index (Phi) is 2.02. The number of fused-ring (bicyclic) bond motifs is 1. The predicted octanol–water partition coefficient (Wildman–Crippen LogP) is -0.748. The molecule has 2 rings (SSSR count). The van der Waals surface area contributed by atoms with Gasteiger partial charge in [0.25, 0.3) is 0 Å². The monoisotopic (exact) mass is 170 g/mol. The third-order valence-electron chi connectivity index (χ3n) is 2.66. The van der Waals surface area contributed by atoms with E-state index in [1.54, 1.807) is 7.05 Å². The quantitative estimate of drug-likeness (QED) is 0.544. The molecule has 2 N–H and O–H groups in total. The number of nitrogens with one attached hydrogen (secondary N) is 2. The lowest BCUT2D eigenvalue weighted by molar-refractivity contribution is -0.122. The van der Waals surface area contributed by atoms with Crippen LogP contribution in [0.1, 0.15) is 12.8 Å². The van der Waals surface area contributed by atoms with Crippen molar-refractivity contribution in [3.05, 3.63) is 0 Å². The SMILES string of the molecule is CNC(=O)C1CC2OCCC2N1. The van der Waals surface area contributed by atoms with E-state index in [0.717, 1.165) is 19.4 Å². The standard InChI is InChI=1S/C8H14N2O2/c1-9-8(11)6-4-7-5(10-6)2-3-12-7/h5-7,10H,2-4H2,1H3,(H,9,11). The zero-order chi connectivity index (χ0) is 8.55. The van der Waals surface area contributed by atoms with E-state index in [0.29, 0.717) is 6.04 Å². The number of hydrogen-bond donors (Lipinski definition) is 2. The summed E-state index contributed by atoms with van der Waals surface area (Å²) in [5, 5.41) is 5.91. The predicted molar refractivity (Wildman–Crippen MR) is 43.8 cm³/mol. The summed E-state index contributed by atoms with van der Waals surface area (Å²) < 4.78 is 5.46. The highest BCUT2D eigenvalue weighted by atomic mass is 16.5. The Labute approximate surface area is 71.7 Å². The van der Waals surface area contributed by atoms with E-state index in [4.69, 9.17) is 4.74 Å². The average Bonchev–Trinajstić information content (AvgIpc) is 2.60. The van der Waals surface area contributed by atoms with Gasteiger partial charge in [0.1, 0.15) is 0 Å². The van der Waals surface area contributed by atoms with Crippen LogP contribution in [0.4, 0.5) is 0 Å². The van der Waals surface area contributed by atoms with Gasteiger partial charge in [-0.05, 0) is 12.8 Å². The van der Waals surface area contributed by atoms with Crippen LogP contribution in [0.25, 0.3) is 0 Å². The Hall–Kier alpha value is -0.610. The highest BCUT2D eigenvalue weighted by molar-refractivity contribution is 5.81. The Balaban J connectivity index is 1.94. The molecule has 0 aliphatic carbocycles. The van der Waals surface area contributed by atoms with Gasteiger partial charge in [-0.3, -0.25) is 4.79 Å². The molecular formula is C8H14N2O2. The van der Waals surface area contributed by atoms with Gasteiger partial charge in [-0.15, -0.1) is 0 Å². The highest BCUT2D eigenvalue weighted by Crippen LogP contribution is 2.24. The molecule has 68 valence electrons. The molecule has 12 heavy (non-hydrogen) atoms. The lowest BCUT2D eigenvalue weighted by Gasteiger charge is -2.09. The number of rotatable bonds is 1. The van der Waals surface area contributed by atoms with Crippen molar-refractivity contribution in [3.63, 3.8) is 0 Å². The molecule has 0 bridgehead atoms. The van der Waals surface area contributed by atoms with E-state index >= 15 is 0 Å². The van der Waals surface area contributed by atoms with Gasteiger partial charge in [-0.25, -0.2) is 0 Å². The molecule has 0 aromatic rings. The van der Waals surface area contributed by atoms with Crippen LogP contribution in [0.3, 0.4) is 0 Å². The van der Waals surface area contributed by atoms with Gasteiger partial charge in [-0.1, -0.05) is 0 Å². The van der Waals surface area contributed by atoms with Crippen LogP contribution in [0.2, 0.25) is 0 Å². The summed E-state index contributed by atoms with van der Waals surface area (Å²) in [5.41, 5.74) is 0. The maximum absolute atomic E-state index is 11.2. The Bertz CT molecular complexity index is 183. The van der Waals surface area contributed by atoms with E-state index < -0.39 is 0 Å². The van der Waals surface area contributed by atoms with Crippen molar-refractivity contribution in [1.82, 2.24) is 10.6 Å². The summed E-state index contributed by atoms with van der Waals surface area (Å²) in [6.07, 6.45) is 2.13. The molecule has 4 nitrogen and oxygen atoms in total. The zero-order valence-corrected chi connectivity index (χ0v) is 7.17. The van der Waals surface area contributed by atoms with Crippen molar-refractivity contribution in [2.75, 3.05) is 13.7 Å². The lowest BCUT2D eigenvalue weighted by atomic mass is 10.1. The topological polar surface area (TPSA) is 50.4 Å². The summed E-state index contributed by atoms with van der Waals surface area (Å²) in [6, 6.07) is 0.373. The van der Waals surface area contributed by atoms with Crippen LogP contribution in [0, 0.1) is 0 Å². The fourth-order valence-electron chi connectivity index (χ4n) is 1.99. The van der Waals surface area contributed by atoms with Gasteiger partial charge in [0.15, 0.2) is 0 Å². The summed E-state index contributed by atoms with van der Waals surface area (Å²) in [6.45, 7) is 0.836. The van der Waals surface area contributed by atoms with Crippen molar-refractivity contribution in [1.29, 1.82) is 0 Å². The van der Waals surface area contributed by atoms with E-state index in [-0.39, 0.29) is 18.1 Å². The lowest BCUT2D eigenvalue weighted by Crippen LogP contribution is -2.41. The molecule has 3 atom stereocenters. The second-order valence-electron chi connectivity index (χ2n) is 3.37. The molecule has 0 spiro atoms. The largest absolute Gasteiger partial charge is 0.376 e. The zero-order valence-electron chi connectivity index (χ0n) is 7.17. The van der Waals surface area contributed by atoms with Crippen molar-refractivity contribution >= 4 is 5.91 Å². The van der Waals surface area contributed by atoms with E-state index in [1.807, 2.05) is 0 Å². The van der Waals surface area contributed by atoms with Crippen LogP contribution < -0.4 is 10.6 Å². The molecule has 0 radical (unpaired) electrons. The molecule has 2 heterocycles. The normalized spacial score (nSPS) is 39.6. The van der Waals surface area contributed by atoms with Crippen LogP contribution in [-0.2, 0) is 9.53 Å². The highest BCUT2D eigenvalue weighted by Gasteiger charge is 2.40. The first-order valence-corrected chi connectivity index (χ1v) is 4.40. The Morgan fingerprint density at radius 3 is 3.17 bits per heavy atom. The second-order valence-corrected chi connectivity index (χ2v) is 3.37. The van der Waals surface area contributed by atoms with Crippen molar-refractivity contribution in [2.24, 2.45) is 0 Å². The first-order valence-electron chi connectivity index (χ1n) is 4.40. The van der Waals surface area contributed by atoms with Gasteiger partial charge in [0.2, 0.25) is 5.91 Å². The molecule has 2 fully saturated rings. The Morgan fingerprint density at radius 2 is 2.50 bits per heavy atom. The third-order valence-corrected chi connectivity index (χ3v) is 2.66. The van der Waals surface area contributed by atoms with E-state index in [2.05, 4.69) is 10.6 Å². The number of likely N-dealkylation sites (N-methyl/N-ethyl adjacent to an activating group) is 1. The second kappa shape index (κ2) is 3.03. The molecule has 0 aromatic heterocycles. The third kappa shape index (κ3) is 1.21. The minimum atomic E-state index is -0.0368. The average molecular weight is 170 g/mol. The molecule has 0 saturated carbocycles. The van der Waals surface area contributed by atoms with Crippen molar-refractivity contribution in [3.8, 4) is 0 Å². The van der Waals surface area contributed by atoms with Crippen LogP contribution in [0.15, 0.2) is 0 Å². The van der Waals surface area contributed by atoms with Gasteiger partial charge in [0, 0.05) is 19.7 Å². The molecule has 3 unspecified atom stereocenters. The number of carbonyl (C=O) groups is 1. The maximum Gasteiger partial charge on any atom is 0.236 e. The van der Waals surface area contributed by atoms with Gasteiger partial charge in [0.05, 0.1) is 12.1 Å². The fourth-order valence-corrected chi connectivity index (χ4v) is 1.99. The van der Waals surface area contributed by atoms with Crippen molar-refractivity contribution in [2.45, 2.75) is 31.0 Å². The van der Waals surface area contributed by atoms with Gasteiger partial charge in [-0.2, -0.15) is 0 Å². The number of ether oxygens (including phenoxy) is 1. The number of amides is 1. The smallest absolute Gasteiger partial charge is 0.236 e. The molecule has 4 heteroatoms. The first kappa shape index (κ1) is 8.01. The minimum Gasteiger partial charge on any atom is -0.376 e. The molecule has 1 amide bonds. The summed E-state index contributed by atoms with van der Waals surface area (Å²) in [7, 11) is 1.67. The minimum absolute atomic E-state index is 0.0368. The summed E-state index contributed by atoms with van der Waals surface area (Å²) in [5.74, 6) is 0.0769. The molecule has 0 aromatic carbocycles. The fraction of sp³-hybridized carbons (Fsp3) is 0.875. The van der Waals surface area contributed by atoms with Crippen LogP contribution in [-0.4, -0.2) is 37.7 Å². The molecule has 2 aliphatic rings. The van der Waals surface area contributed by atoms with Crippen molar-refractivity contribution < 1.29 is 9.53 Å².